The molecular weight excluding hydrogens is 352 g/mol. The van der Waals surface area contributed by atoms with Gasteiger partial charge in [-0.3, -0.25) is 4.79 Å². The Morgan fingerprint density at radius 3 is 2.56 bits per heavy atom. The number of hydrogen-bond acceptors (Lipinski definition) is 7. The number of carbonyl (C=O) groups excluding carboxylic acids is 1. The third kappa shape index (κ3) is 4.63. The topological polar surface area (TPSA) is 98.0 Å². The lowest BCUT2D eigenvalue weighted by Crippen LogP contribution is -2.50. The molecule has 1 aromatic heterocycles. The molecule has 9 nitrogen and oxygen atoms in total. The summed E-state index contributed by atoms with van der Waals surface area (Å²) in [5, 5.41) is 10.7. The van der Waals surface area contributed by atoms with Gasteiger partial charge in [0.05, 0.1) is 12.8 Å². The standard InChI is InChI=1S/C18H20N4O5/c1-26-15-3-2-4-16(11-15)27-13-18(23)21-9-7-20(8-10-21)14-5-6-17(19-12-14)22(24)25/h2-6,11-12H,7-10,13H2,1H3. The van der Waals surface area contributed by atoms with Crippen molar-refractivity contribution in [3.63, 3.8) is 0 Å². The fourth-order valence-electron chi connectivity index (χ4n) is 2.81. The Bertz CT molecular complexity index is 804. The molecule has 1 aliphatic heterocycles. The first-order valence-electron chi connectivity index (χ1n) is 8.47. The van der Waals surface area contributed by atoms with Gasteiger partial charge in [-0.15, -0.1) is 0 Å². The van der Waals surface area contributed by atoms with Gasteiger partial charge in [-0.2, -0.15) is 0 Å². The summed E-state index contributed by atoms with van der Waals surface area (Å²) in [5.74, 6) is 0.991. The van der Waals surface area contributed by atoms with Crippen molar-refractivity contribution >= 4 is 17.4 Å². The van der Waals surface area contributed by atoms with Crippen LogP contribution in [0.2, 0.25) is 0 Å². The van der Waals surface area contributed by atoms with E-state index in [0.29, 0.717) is 37.7 Å². The first kappa shape index (κ1) is 18.4. The monoisotopic (exact) mass is 372 g/mol. The van der Waals surface area contributed by atoms with Gasteiger partial charge >= 0.3 is 5.82 Å². The van der Waals surface area contributed by atoms with E-state index in [0.717, 1.165) is 5.69 Å². The Kier molecular flexibility index (Phi) is 5.70. The molecule has 27 heavy (non-hydrogen) atoms. The molecule has 2 aromatic rings. The predicted molar refractivity (Wildman–Crippen MR) is 98.2 cm³/mol. The molecule has 0 radical (unpaired) electrons. The summed E-state index contributed by atoms with van der Waals surface area (Å²) >= 11 is 0. The van der Waals surface area contributed by atoms with Gasteiger partial charge in [0.25, 0.3) is 5.91 Å². The van der Waals surface area contributed by atoms with Crippen LogP contribution in [0.5, 0.6) is 11.5 Å². The number of rotatable bonds is 6. The fraction of sp³-hybridized carbons (Fsp3) is 0.333. The molecule has 1 fully saturated rings. The quantitative estimate of drug-likeness (QED) is 0.562. The van der Waals surface area contributed by atoms with E-state index >= 15 is 0 Å². The van der Waals surface area contributed by atoms with Crippen molar-refractivity contribution in [1.29, 1.82) is 0 Å². The SMILES string of the molecule is COc1cccc(OCC(=O)N2CCN(c3ccc([N+](=O)[O-])nc3)CC2)c1. The summed E-state index contributed by atoms with van der Waals surface area (Å²) < 4.78 is 10.7. The number of nitro groups is 1. The lowest BCUT2D eigenvalue weighted by atomic mass is 10.2. The maximum absolute atomic E-state index is 12.4. The highest BCUT2D eigenvalue weighted by Gasteiger charge is 2.22. The maximum Gasteiger partial charge on any atom is 0.363 e. The zero-order valence-electron chi connectivity index (χ0n) is 14.9. The van der Waals surface area contributed by atoms with Crippen LogP contribution >= 0.6 is 0 Å². The number of methoxy groups -OCH3 is 1. The fourth-order valence-corrected chi connectivity index (χ4v) is 2.81. The molecule has 3 rings (SSSR count). The summed E-state index contributed by atoms with van der Waals surface area (Å²) in [7, 11) is 1.57. The Morgan fingerprint density at radius 2 is 1.93 bits per heavy atom. The van der Waals surface area contributed by atoms with Crippen LogP contribution in [0.1, 0.15) is 0 Å². The molecule has 1 amide bonds. The number of nitrogens with zero attached hydrogens (tertiary/aromatic N) is 4. The van der Waals surface area contributed by atoms with Gasteiger partial charge in [0.15, 0.2) is 12.8 Å². The highest BCUT2D eigenvalue weighted by Crippen LogP contribution is 2.20. The number of amides is 1. The van der Waals surface area contributed by atoms with Crippen molar-refractivity contribution in [2.24, 2.45) is 0 Å². The highest BCUT2D eigenvalue weighted by molar-refractivity contribution is 5.78. The second kappa shape index (κ2) is 8.35. The number of anilines is 1. The van der Waals surface area contributed by atoms with E-state index in [1.54, 1.807) is 42.3 Å². The van der Waals surface area contributed by atoms with E-state index < -0.39 is 4.92 Å². The number of ether oxygens (including phenoxy) is 2. The van der Waals surface area contributed by atoms with Crippen molar-refractivity contribution in [2.75, 3.05) is 44.8 Å². The molecule has 0 spiro atoms. The summed E-state index contributed by atoms with van der Waals surface area (Å²) in [4.78, 5) is 30.1. The average molecular weight is 372 g/mol. The third-order valence-electron chi connectivity index (χ3n) is 4.32. The molecule has 0 saturated carbocycles. The Labute approximate surface area is 156 Å². The molecule has 0 unspecified atom stereocenters. The minimum Gasteiger partial charge on any atom is -0.497 e. The number of hydrogen-bond donors (Lipinski definition) is 0. The molecule has 0 bridgehead atoms. The van der Waals surface area contributed by atoms with E-state index in [1.807, 2.05) is 4.90 Å². The van der Waals surface area contributed by atoms with Gasteiger partial charge in [-0.05, 0) is 28.1 Å². The predicted octanol–water partition coefficient (Wildman–Crippen LogP) is 1.73. The number of piperazine rings is 1. The molecule has 0 N–H and O–H groups in total. The minimum absolute atomic E-state index is 0.0355. The number of benzene rings is 1. The number of carbonyl (C=O) groups is 1. The smallest absolute Gasteiger partial charge is 0.363 e. The molecule has 0 aliphatic carbocycles. The molecule has 142 valence electrons. The Hall–Kier alpha value is -3.36. The first-order chi connectivity index (χ1) is 13.1. The van der Waals surface area contributed by atoms with Crippen LogP contribution in [-0.4, -0.2) is 60.6 Å². The summed E-state index contributed by atoms with van der Waals surface area (Å²) in [6.07, 6.45) is 1.49. The molecular formula is C18H20N4O5. The van der Waals surface area contributed by atoms with Crippen molar-refractivity contribution in [2.45, 2.75) is 0 Å². The van der Waals surface area contributed by atoms with E-state index in [-0.39, 0.29) is 18.3 Å². The van der Waals surface area contributed by atoms with Crippen LogP contribution in [0.15, 0.2) is 42.6 Å². The van der Waals surface area contributed by atoms with Crippen molar-refractivity contribution in [3.05, 3.63) is 52.7 Å². The van der Waals surface area contributed by atoms with Crippen molar-refractivity contribution in [3.8, 4) is 11.5 Å². The number of pyridine rings is 1. The lowest BCUT2D eigenvalue weighted by Gasteiger charge is -2.35. The molecule has 1 saturated heterocycles. The van der Waals surface area contributed by atoms with Crippen LogP contribution in [0.3, 0.4) is 0 Å². The van der Waals surface area contributed by atoms with Crippen LogP contribution in [-0.2, 0) is 4.79 Å². The van der Waals surface area contributed by atoms with Crippen LogP contribution in [0.25, 0.3) is 0 Å². The first-order valence-corrected chi connectivity index (χ1v) is 8.47. The zero-order valence-corrected chi connectivity index (χ0v) is 14.9. The summed E-state index contributed by atoms with van der Waals surface area (Å²) in [5.41, 5.74) is 0.806. The maximum atomic E-state index is 12.4. The van der Waals surface area contributed by atoms with Crippen LogP contribution in [0.4, 0.5) is 11.5 Å². The summed E-state index contributed by atoms with van der Waals surface area (Å²) in [6.45, 7) is 2.33. The normalized spacial score (nSPS) is 14.0. The molecule has 2 heterocycles. The van der Waals surface area contributed by atoms with E-state index in [4.69, 9.17) is 9.47 Å². The van der Waals surface area contributed by atoms with Crippen molar-refractivity contribution in [1.82, 2.24) is 9.88 Å². The van der Waals surface area contributed by atoms with Gasteiger partial charge < -0.3 is 29.4 Å². The van der Waals surface area contributed by atoms with Crippen molar-refractivity contribution < 1.29 is 19.2 Å². The van der Waals surface area contributed by atoms with Crippen LogP contribution in [0, 0.1) is 10.1 Å². The third-order valence-corrected chi connectivity index (χ3v) is 4.32. The highest BCUT2D eigenvalue weighted by atomic mass is 16.6. The van der Waals surface area contributed by atoms with Gasteiger partial charge in [-0.1, -0.05) is 6.07 Å². The van der Waals surface area contributed by atoms with Gasteiger partial charge in [0.2, 0.25) is 0 Å². The Morgan fingerprint density at radius 1 is 1.19 bits per heavy atom. The van der Waals surface area contributed by atoms with E-state index in [1.165, 1.54) is 12.3 Å². The van der Waals surface area contributed by atoms with Gasteiger partial charge in [0.1, 0.15) is 11.5 Å². The molecule has 1 aliphatic rings. The Balaban J connectivity index is 1.49. The van der Waals surface area contributed by atoms with Gasteiger partial charge in [-0.25, -0.2) is 0 Å². The van der Waals surface area contributed by atoms with E-state index in [2.05, 4.69) is 4.98 Å². The zero-order chi connectivity index (χ0) is 19.2. The largest absolute Gasteiger partial charge is 0.497 e. The molecule has 1 aromatic carbocycles. The average Bonchev–Trinajstić information content (AvgIpc) is 2.72. The second-order valence-corrected chi connectivity index (χ2v) is 5.97. The second-order valence-electron chi connectivity index (χ2n) is 5.97. The molecule has 9 heteroatoms. The van der Waals surface area contributed by atoms with Crippen LogP contribution < -0.4 is 14.4 Å². The number of aromatic nitrogens is 1. The van der Waals surface area contributed by atoms with Gasteiger partial charge in [0, 0.05) is 38.3 Å². The lowest BCUT2D eigenvalue weighted by molar-refractivity contribution is -0.389. The van der Waals surface area contributed by atoms with E-state index in [9.17, 15) is 14.9 Å². The summed E-state index contributed by atoms with van der Waals surface area (Å²) in [6, 6.07) is 10.2. The molecule has 0 atom stereocenters. The minimum atomic E-state index is -0.525.